The Morgan fingerprint density at radius 2 is 1.78 bits per heavy atom. The Bertz CT molecular complexity index is 828. The van der Waals surface area contributed by atoms with Gasteiger partial charge >= 0.3 is 0 Å². The first-order valence-corrected chi connectivity index (χ1v) is 7.03. The Balaban J connectivity index is 1.92. The van der Waals surface area contributed by atoms with Crippen LogP contribution in [0.5, 0.6) is 0 Å². The quantitative estimate of drug-likeness (QED) is 0.680. The van der Waals surface area contributed by atoms with Crippen LogP contribution in [0.1, 0.15) is 27.3 Å². The fourth-order valence-corrected chi connectivity index (χ4v) is 2.33. The first-order chi connectivity index (χ1) is 11.2. The lowest BCUT2D eigenvalue weighted by Gasteiger charge is -2.08. The normalized spacial score (nSPS) is 10.7. The van der Waals surface area contributed by atoms with Gasteiger partial charge in [-0.05, 0) is 23.8 Å². The molecule has 0 unspecified atom stereocenters. The molecule has 0 fully saturated rings. The summed E-state index contributed by atoms with van der Waals surface area (Å²) < 4.78 is 28.3. The van der Waals surface area contributed by atoms with E-state index in [2.05, 4.69) is 10.3 Å². The van der Waals surface area contributed by atoms with Crippen molar-refractivity contribution in [2.45, 2.75) is 13.0 Å². The number of carbonyl (C=O) groups excluding carboxylic acids is 1. The number of aldehydes is 1. The second-order valence-corrected chi connectivity index (χ2v) is 5.09. The third-order valence-electron chi connectivity index (χ3n) is 3.54. The van der Waals surface area contributed by atoms with Gasteiger partial charge in [-0.1, -0.05) is 35.5 Å². The summed E-state index contributed by atoms with van der Waals surface area (Å²) in [5, 5.41) is 7.75. The Morgan fingerprint density at radius 3 is 2.48 bits per heavy atom. The van der Waals surface area contributed by atoms with Gasteiger partial charge in [0.25, 0.3) is 0 Å². The molecule has 0 amide bonds. The van der Waals surface area contributed by atoms with E-state index in [0.717, 1.165) is 5.56 Å². The molecule has 3 aromatic rings. The molecule has 116 valence electrons. The van der Waals surface area contributed by atoms with Crippen LogP contribution in [-0.2, 0) is 13.0 Å². The summed E-state index contributed by atoms with van der Waals surface area (Å²) in [7, 11) is 0. The van der Waals surface area contributed by atoms with Gasteiger partial charge in [-0.2, -0.15) is 0 Å². The van der Waals surface area contributed by atoms with Crippen LogP contribution in [0.3, 0.4) is 0 Å². The lowest BCUT2D eigenvalue weighted by atomic mass is 10.1. The monoisotopic (exact) mass is 313 g/mol. The molecule has 3 rings (SSSR count). The maximum absolute atomic E-state index is 13.8. The third kappa shape index (κ3) is 3.31. The van der Waals surface area contributed by atoms with E-state index in [4.69, 9.17) is 0 Å². The number of aromatic nitrogens is 3. The molecule has 0 saturated carbocycles. The van der Waals surface area contributed by atoms with Crippen molar-refractivity contribution in [1.29, 1.82) is 0 Å². The smallest absolute Gasteiger partial charge is 0.172 e. The maximum atomic E-state index is 13.8. The highest BCUT2D eigenvalue weighted by molar-refractivity contribution is 5.73. The van der Waals surface area contributed by atoms with Crippen molar-refractivity contribution < 1.29 is 13.6 Å². The first-order valence-electron chi connectivity index (χ1n) is 7.03. The molecule has 0 spiro atoms. The van der Waals surface area contributed by atoms with E-state index in [1.807, 2.05) is 0 Å². The summed E-state index contributed by atoms with van der Waals surface area (Å²) in [4.78, 5) is 11.2. The largest absolute Gasteiger partial charge is 0.296 e. The van der Waals surface area contributed by atoms with Gasteiger partial charge in [-0.3, -0.25) is 4.79 Å². The molecule has 0 saturated heterocycles. The van der Waals surface area contributed by atoms with Crippen LogP contribution in [0.2, 0.25) is 0 Å². The number of carbonyl (C=O) groups is 1. The van der Waals surface area contributed by atoms with Gasteiger partial charge in [-0.25, -0.2) is 13.5 Å². The highest BCUT2D eigenvalue weighted by Gasteiger charge is 2.14. The first kappa shape index (κ1) is 15.0. The molecule has 4 nitrogen and oxygen atoms in total. The Hall–Kier alpha value is -2.89. The zero-order valence-electron chi connectivity index (χ0n) is 12.1. The van der Waals surface area contributed by atoms with Crippen LogP contribution in [0.4, 0.5) is 8.78 Å². The molecule has 0 atom stereocenters. The fraction of sp³-hybridized carbons (Fsp3) is 0.118. The molecule has 0 N–H and O–H groups in total. The zero-order valence-corrected chi connectivity index (χ0v) is 12.1. The van der Waals surface area contributed by atoms with Crippen LogP contribution in [0.15, 0.2) is 48.5 Å². The summed E-state index contributed by atoms with van der Waals surface area (Å²) >= 11 is 0. The minimum absolute atomic E-state index is 0.171. The lowest BCUT2D eigenvalue weighted by molar-refractivity contribution is 0.111. The predicted molar refractivity (Wildman–Crippen MR) is 80.1 cm³/mol. The van der Waals surface area contributed by atoms with Gasteiger partial charge in [0.15, 0.2) is 6.29 Å². The van der Waals surface area contributed by atoms with Crippen molar-refractivity contribution in [3.63, 3.8) is 0 Å². The van der Waals surface area contributed by atoms with E-state index in [1.54, 1.807) is 30.3 Å². The second kappa shape index (κ2) is 6.48. The number of halogens is 2. The summed E-state index contributed by atoms with van der Waals surface area (Å²) in [6.07, 6.45) is 0.972. The fourth-order valence-electron chi connectivity index (χ4n) is 2.33. The van der Waals surface area contributed by atoms with E-state index in [9.17, 15) is 13.6 Å². The second-order valence-electron chi connectivity index (χ2n) is 5.09. The summed E-state index contributed by atoms with van der Waals surface area (Å²) in [6.45, 7) is 0.171. The molecule has 0 bridgehead atoms. The van der Waals surface area contributed by atoms with E-state index >= 15 is 0 Å². The van der Waals surface area contributed by atoms with Crippen molar-refractivity contribution in [2.75, 3.05) is 0 Å². The van der Waals surface area contributed by atoms with E-state index < -0.39 is 0 Å². The molecule has 1 heterocycles. The molecule has 1 aromatic heterocycles. The van der Waals surface area contributed by atoms with Gasteiger partial charge < -0.3 is 0 Å². The Kier molecular flexibility index (Phi) is 4.23. The van der Waals surface area contributed by atoms with Crippen LogP contribution in [-0.4, -0.2) is 21.3 Å². The average molecular weight is 313 g/mol. The van der Waals surface area contributed by atoms with Crippen molar-refractivity contribution >= 4 is 6.29 Å². The molecule has 0 radical (unpaired) electrons. The van der Waals surface area contributed by atoms with Crippen molar-refractivity contribution in [3.05, 3.63) is 82.7 Å². The molecule has 23 heavy (non-hydrogen) atoms. The van der Waals surface area contributed by atoms with Crippen LogP contribution < -0.4 is 0 Å². The number of nitrogens with zero attached hydrogens (tertiary/aromatic N) is 3. The molecule has 2 aromatic carbocycles. The number of hydrogen-bond acceptors (Lipinski definition) is 3. The van der Waals surface area contributed by atoms with Gasteiger partial charge in [0.1, 0.15) is 17.3 Å². The lowest BCUT2D eigenvalue weighted by Crippen LogP contribution is -2.09. The summed E-state index contributed by atoms with van der Waals surface area (Å²) in [5.74, 6) is -0.675. The topological polar surface area (TPSA) is 47.8 Å². The highest BCUT2D eigenvalue weighted by atomic mass is 19.1. The average Bonchev–Trinajstić information content (AvgIpc) is 2.93. The minimum Gasteiger partial charge on any atom is -0.296 e. The highest BCUT2D eigenvalue weighted by Crippen LogP contribution is 2.15. The molecule has 0 aliphatic heterocycles. The number of benzene rings is 2. The van der Waals surface area contributed by atoms with Gasteiger partial charge in [0.05, 0.1) is 12.2 Å². The predicted octanol–water partition coefficient (Wildman–Crippen LogP) is 3.01. The van der Waals surface area contributed by atoms with E-state index in [0.29, 0.717) is 24.0 Å². The number of hydrogen-bond donors (Lipinski definition) is 0. The Morgan fingerprint density at radius 1 is 1.04 bits per heavy atom. The standard InChI is InChI=1S/C17H13F2N3O/c18-14-7-5-12(6-8-14)9-17-16(11-23)20-21-22(17)10-13-3-1-2-4-15(13)19/h1-8,11H,9-10H2. The van der Waals surface area contributed by atoms with Crippen molar-refractivity contribution in [1.82, 2.24) is 15.0 Å². The van der Waals surface area contributed by atoms with E-state index in [1.165, 1.54) is 22.9 Å². The molecule has 0 aliphatic rings. The molecular weight excluding hydrogens is 300 g/mol. The third-order valence-corrected chi connectivity index (χ3v) is 3.54. The maximum Gasteiger partial charge on any atom is 0.172 e. The van der Waals surface area contributed by atoms with Gasteiger partial charge in [0.2, 0.25) is 0 Å². The Labute approximate surface area is 131 Å². The number of rotatable bonds is 5. The zero-order chi connectivity index (χ0) is 16.2. The van der Waals surface area contributed by atoms with Crippen LogP contribution >= 0.6 is 0 Å². The van der Waals surface area contributed by atoms with Gasteiger partial charge in [0, 0.05) is 12.0 Å². The van der Waals surface area contributed by atoms with Crippen molar-refractivity contribution in [3.8, 4) is 0 Å². The molecule has 0 aliphatic carbocycles. The van der Waals surface area contributed by atoms with Crippen LogP contribution in [0.25, 0.3) is 0 Å². The molecule has 6 heteroatoms. The summed E-state index contributed by atoms with van der Waals surface area (Å²) in [6, 6.07) is 12.3. The van der Waals surface area contributed by atoms with E-state index in [-0.39, 0.29) is 23.9 Å². The summed E-state index contributed by atoms with van der Waals surface area (Å²) in [5.41, 5.74) is 2.03. The van der Waals surface area contributed by atoms with Crippen LogP contribution in [0, 0.1) is 11.6 Å². The SMILES string of the molecule is O=Cc1nnn(Cc2ccccc2F)c1Cc1ccc(F)cc1. The van der Waals surface area contributed by atoms with Crippen molar-refractivity contribution in [2.24, 2.45) is 0 Å². The molecular formula is C17H13F2N3O. The van der Waals surface area contributed by atoms with Gasteiger partial charge in [-0.15, -0.1) is 5.10 Å². The minimum atomic E-state index is -0.344.